The van der Waals surface area contributed by atoms with Gasteiger partial charge in [0.25, 0.3) is 0 Å². The van der Waals surface area contributed by atoms with Crippen LogP contribution in [-0.2, 0) is 17.6 Å². The van der Waals surface area contributed by atoms with Crippen molar-refractivity contribution in [1.29, 1.82) is 0 Å². The molecule has 2 aromatic carbocycles. The van der Waals surface area contributed by atoms with Gasteiger partial charge in [0, 0.05) is 12.0 Å². The molecule has 3 rings (SSSR count). The Morgan fingerprint density at radius 2 is 1.92 bits per heavy atom. The minimum absolute atomic E-state index is 0.154. The van der Waals surface area contributed by atoms with Crippen LogP contribution in [0.3, 0.4) is 0 Å². The van der Waals surface area contributed by atoms with Gasteiger partial charge >= 0.3 is 0 Å². The molecule has 1 heterocycles. The Labute approximate surface area is 148 Å². The molecule has 1 aromatic heterocycles. The number of carbonyl (C=O) groups excluding carboxylic acids is 1. The largest absolute Gasteiger partial charge is 0.496 e. The second kappa shape index (κ2) is 7.85. The van der Waals surface area contributed by atoms with Crippen molar-refractivity contribution in [3.8, 4) is 5.75 Å². The van der Waals surface area contributed by atoms with Crippen LogP contribution in [0.5, 0.6) is 5.75 Å². The summed E-state index contributed by atoms with van der Waals surface area (Å²) in [6.07, 6.45) is 0.733. The Morgan fingerprint density at radius 1 is 1.16 bits per heavy atom. The third-order valence-electron chi connectivity index (χ3n) is 3.53. The van der Waals surface area contributed by atoms with Gasteiger partial charge in [-0.15, -0.1) is 10.2 Å². The normalized spacial score (nSPS) is 10.5. The van der Waals surface area contributed by atoms with Crippen molar-refractivity contribution in [2.75, 3.05) is 12.4 Å². The molecule has 0 saturated heterocycles. The number of hydrogen-bond donors (Lipinski definition) is 1. The Kier molecular flexibility index (Phi) is 5.35. The highest BCUT2D eigenvalue weighted by Crippen LogP contribution is 2.24. The van der Waals surface area contributed by atoms with Gasteiger partial charge in [-0.25, -0.2) is 4.39 Å². The molecule has 0 unspecified atom stereocenters. The van der Waals surface area contributed by atoms with Gasteiger partial charge in [0.1, 0.15) is 16.6 Å². The van der Waals surface area contributed by atoms with Gasteiger partial charge in [0.05, 0.1) is 13.5 Å². The van der Waals surface area contributed by atoms with Gasteiger partial charge in [-0.05, 0) is 23.8 Å². The lowest BCUT2D eigenvalue weighted by molar-refractivity contribution is -0.115. The van der Waals surface area contributed by atoms with E-state index < -0.39 is 0 Å². The lowest BCUT2D eigenvalue weighted by Gasteiger charge is -2.05. The number of carbonyl (C=O) groups is 1. The summed E-state index contributed by atoms with van der Waals surface area (Å²) < 4.78 is 18.2. The van der Waals surface area contributed by atoms with Crippen LogP contribution >= 0.6 is 11.3 Å². The van der Waals surface area contributed by atoms with Crippen LogP contribution in [0.2, 0.25) is 0 Å². The molecular weight excluding hydrogens is 341 g/mol. The van der Waals surface area contributed by atoms with E-state index in [2.05, 4.69) is 15.5 Å². The van der Waals surface area contributed by atoms with E-state index in [1.807, 2.05) is 24.3 Å². The summed E-state index contributed by atoms with van der Waals surface area (Å²) in [6, 6.07) is 13.5. The first-order valence-corrected chi connectivity index (χ1v) is 8.44. The number of methoxy groups -OCH3 is 1. The molecule has 7 heteroatoms. The molecule has 0 aliphatic rings. The van der Waals surface area contributed by atoms with Gasteiger partial charge in [-0.2, -0.15) is 0 Å². The second-order valence-electron chi connectivity index (χ2n) is 5.34. The smallest absolute Gasteiger partial charge is 0.230 e. The minimum atomic E-state index is -0.325. The summed E-state index contributed by atoms with van der Waals surface area (Å²) in [4.78, 5) is 12.0. The maximum atomic E-state index is 12.9. The molecule has 0 bridgehead atoms. The Morgan fingerprint density at radius 3 is 2.68 bits per heavy atom. The molecule has 0 saturated carbocycles. The number of anilines is 1. The topological polar surface area (TPSA) is 64.1 Å². The number of nitrogens with one attached hydrogen (secondary N) is 1. The monoisotopic (exact) mass is 357 g/mol. The molecule has 0 fully saturated rings. The van der Waals surface area contributed by atoms with Crippen LogP contribution in [0.15, 0.2) is 48.5 Å². The maximum Gasteiger partial charge on any atom is 0.230 e. The standard InChI is InChI=1S/C18H16FN3O2S/c1-24-15-5-3-2-4-13(15)11-17-21-22-18(25-17)20-16(23)10-12-6-8-14(19)9-7-12/h2-9H,10-11H2,1H3,(H,20,22,23). The third-order valence-corrected chi connectivity index (χ3v) is 4.36. The Balaban J connectivity index is 1.61. The van der Waals surface area contributed by atoms with Gasteiger partial charge in [0.2, 0.25) is 11.0 Å². The molecule has 0 radical (unpaired) electrons. The summed E-state index contributed by atoms with van der Waals surface area (Å²) >= 11 is 1.32. The van der Waals surface area contributed by atoms with Crippen LogP contribution in [0.4, 0.5) is 9.52 Å². The molecule has 0 atom stereocenters. The fraction of sp³-hybridized carbons (Fsp3) is 0.167. The van der Waals surface area contributed by atoms with E-state index in [0.29, 0.717) is 11.6 Å². The van der Waals surface area contributed by atoms with E-state index in [1.165, 1.54) is 23.5 Å². The number of ether oxygens (including phenoxy) is 1. The van der Waals surface area contributed by atoms with Crippen molar-refractivity contribution in [2.45, 2.75) is 12.8 Å². The molecule has 5 nitrogen and oxygen atoms in total. The molecule has 1 amide bonds. The number of benzene rings is 2. The molecule has 3 aromatic rings. The van der Waals surface area contributed by atoms with Crippen LogP contribution in [0.1, 0.15) is 16.1 Å². The zero-order valence-electron chi connectivity index (χ0n) is 13.5. The van der Waals surface area contributed by atoms with Gasteiger partial charge < -0.3 is 10.1 Å². The first-order chi connectivity index (χ1) is 12.1. The van der Waals surface area contributed by atoms with Gasteiger partial charge in [0.15, 0.2) is 0 Å². The third kappa shape index (κ3) is 4.60. The van der Waals surface area contributed by atoms with Crippen molar-refractivity contribution >= 4 is 22.4 Å². The average molecular weight is 357 g/mol. The van der Waals surface area contributed by atoms with E-state index in [-0.39, 0.29) is 18.1 Å². The van der Waals surface area contributed by atoms with Crippen LogP contribution in [-0.4, -0.2) is 23.2 Å². The molecular formula is C18H16FN3O2S. The Hall–Kier alpha value is -2.80. The summed E-state index contributed by atoms with van der Waals surface area (Å²) in [6.45, 7) is 0. The van der Waals surface area contributed by atoms with Crippen molar-refractivity contribution in [3.63, 3.8) is 0 Å². The van der Waals surface area contributed by atoms with Gasteiger partial charge in [-0.1, -0.05) is 41.7 Å². The van der Waals surface area contributed by atoms with E-state index >= 15 is 0 Å². The molecule has 1 N–H and O–H groups in total. The van der Waals surface area contributed by atoms with Crippen molar-refractivity contribution in [2.24, 2.45) is 0 Å². The maximum absolute atomic E-state index is 12.9. The number of amides is 1. The zero-order chi connectivity index (χ0) is 17.6. The molecule has 25 heavy (non-hydrogen) atoms. The number of nitrogens with zero attached hydrogens (tertiary/aromatic N) is 2. The van der Waals surface area contributed by atoms with Gasteiger partial charge in [-0.3, -0.25) is 4.79 Å². The zero-order valence-corrected chi connectivity index (χ0v) is 14.3. The summed E-state index contributed by atoms with van der Waals surface area (Å²) in [5.41, 5.74) is 1.74. The summed E-state index contributed by atoms with van der Waals surface area (Å²) in [5, 5.41) is 12.0. The predicted octanol–water partition coefficient (Wildman–Crippen LogP) is 3.46. The first kappa shape index (κ1) is 17.0. The highest BCUT2D eigenvalue weighted by atomic mass is 32.1. The van der Waals surface area contributed by atoms with Crippen LogP contribution in [0, 0.1) is 5.82 Å². The van der Waals surface area contributed by atoms with E-state index in [4.69, 9.17) is 4.74 Å². The van der Waals surface area contributed by atoms with Crippen molar-refractivity contribution in [3.05, 3.63) is 70.5 Å². The molecule has 0 aliphatic heterocycles. The van der Waals surface area contributed by atoms with Crippen LogP contribution < -0.4 is 10.1 Å². The fourth-order valence-corrected chi connectivity index (χ4v) is 3.12. The summed E-state index contributed by atoms with van der Waals surface area (Å²) in [7, 11) is 1.63. The van der Waals surface area contributed by atoms with E-state index in [1.54, 1.807) is 19.2 Å². The minimum Gasteiger partial charge on any atom is -0.496 e. The fourth-order valence-electron chi connectivity index (χ4n) is 2.34. The number of halogens is 1. The molecule has 128 valence electrons. The lowest BCUT2D eigenvalue weighted by Crippen LogP contribution is -2.14. The molecule has 0 spiro atoms. The second-order valence-corrected chi connectivity index (χ2v) is 6.40. The highest BCUT2D eigenvalue weighted by molar-refractivity contribution is 7.15. The van der Waals surface area contributed by atoms with E-state index in [9.17, 15) is 9.18 Å². The van der Waals surface area contributed by atoms with Crippen molar-refractivity contribution < 1.29 is 13.9 Å². The number of hydrogen-bond acceptors (Lipinski definition) is 5. The van der Waals surface area contributed by atoms with E-state index in [0.717, 1.165) is 21.9 Å². The number of aromatic nitrogens is 2. The SMILES string of the molecule is COc1ccccc1Cc1nnc(NC(=O)Cc2ccc(F)cc2)s1. The predicted molar refractivity (Wildman–Crippen MR) is 94.4 cm³/mol. The highest BCUT2D eigenvalue weighted by Gasteiger charge is 2.11. The Bertz CT molecular complexity index is 865. The number of para-hydroxylation sites is 1. The van der Waals surface area contributed by atoms with Crippen LogP contribution in [0.25, 0.3) is 0 Å². The lowest BCUT2D eigenvalue weighted by atomic mass is 10.1. The summed E-state index contributed by atoms with van der Waals surface area (Å²) in [5.74, 6) is 0.250. The molecule has 0 aliphatic carbocycles. The average Bonchev–Trinajstić information content (AvgIpc) is 3.04. The quantitative estimate of drug-likeness (QED) is 0.734. The first-order valence-electron chi connectivity index (χ1n) is 7.62. The number of rotatable bonds is 6. The van der Waals surface area contributed by atoms with Crippen molar-refractivity contribution in [1.82, 2.24) is 10.2 Å².